The molecule has 0 aromatic heterocycles. The molecule has 0 bridgehead atoms. The van der Waals surface area contributed by atoms with Crippen LogP contribution in [0.25, 0.3) is 0 Å². The van der Waals surface area contributed by atoms with Crippen LogP contribution in [0.1, 0.15) is 0 Å². The zero-order valence-corrected chi connectivity index (χ0v) is 8.00. The molecular formula is C8H2F9N. The van der Waals surface area contributed by atoms with Crippen LogP contribution in [0.15, 0.2) is 23.6 Å². The molecule has 1 atom stereocenters. The maximum Gasteiger partial charge on any atom is 0.402 e. The van der Waals surface area contributed by atoms with Crippen molar-refractivity contribution in [2.75, 3.05) is 0 Å². The predicted octanol–water partition coefficient (Wildman–Crippen LogP) is 3.51. The van der Waals surface area contributed by atoms with Gasteiger partial charge in [0.2, 0.25) is 0 Å². The van der Waals surface area contributed by atoms with Gasteiger partial charge in [-0.2, -0.15) is 26.3 Å². The van der Waals surface area contributed by atoms with Crippen LogP contribution in [0.4, 0.5) is 39.6 Å². The zero-order chi connectivity index (χ0) is 14.1. The van der Waals surface area contributed by atoms with E-state index in [1.165, 1.54) is 0 Å². The lowest BCUT2D eigenvalue weighted by Crippen LogP contribution is -2.72. The van der Waals surface area contributed by atoms with Crippen LogP contribution in [-0.2, 0) is 0 Å². The first kappa shape index (κ1) is 13.2. The van der Waals surface area contributed by atoms with E-state index in [0.717, 1.165) is 0 Å². The van der Waals surface area contributed by atoms with Gasteiger partial charge in [-0.25, -0.2) is 8.78 Å². The molecule has 0 N–H and O–H groups in total. The molecule has 1 aliphatic carbocycles. The fraction of sp³-hybridized carbons (Fsp3) is 0.500. The lowest BCUT2D eigenvalue weighted by molar-refractivity contribution is -0.437. The van der Waals surface area contributed by atoms with E-state index in [0.29, 0.717) is 0 Å². The van der Waals surface area contributed by atoms with Crippen LogP contribution in [-0.4, -0.2) is 28.8 Å². The summed E-state index contributed by atoms with van der Waals surface area (Å²) in [5.41, 5.74) is -7.48. The van der Waals surface area contributed by atoms with Gasteiger partial charge in [0, 0.05) is 0 Å². The summed E-state index contributed by atoms with van der Waals surface area (Å²) in [6, 6.07) is -11.6. The summed E-state index contributed by atoms with van der Waals surface area (Å²) in [4.78, 5) is 0. The first-order valence-corrected chi connectivity index (χ1v) is 4.29. The molecule has 18 heavy (non-hydrogen) atoms. The molecule has 1 nitrogen and oxygen atoms in total. The van der Waals surface area contributed by atoms with E-state index in [-0.39, 0.29) is 12.2 Å². The molecule has 2 aliphatic rings. The maximum absolute atomic E-state index is 13.7. The molecule has 0 radical (unpaired) electrons. The number of allylic oxidation sites excluding steroid dienone is 3. The van der Waals surface area contributed by atoms with Gasteiger partial charge in [0.25, 0.3) is 5.67 Å². The third-order valence-corrected chi connectivity index (χ3v) is 2.72. The Morgan fingerprint density at radius 3 is 1.89 bits per heavy atom. The third kappa shape index (κ3) is 1.05. The second kappa shape index (κ2) is 3.03. The summed E-state index contributed by atoms with van der Waals surface area (Å²) >= 11 is 0. The van der Waals surface area contributed by atoms with E-state index >= 15 is 0 Å². The fourth-order valence-corrected chi connectivity index (χ4v) is 1.75. The van der Waals surface area contributed by atoms with Crippen LogP contribution in [0.2, 0.25) is 0 Å². The highest BCUT2D eigenvalue weighted by Gasteiger charge is 2.86. The molecule has 1 heterocycles. The van der Waals surface area contributed by atoms with E-state index in [9.17, 15) is 39.6 Å². The standard InChI is InChI=1S/C8H2F9N/c9-4-2-1-3-5(4,10)7(13,14)8(15,16)18(17)6(3,11)12/h1-2H. The van der Waals surface area contributed by atoms with Gasteiger partial charge in [0.15, 0.2) is 0 Å². The Hall–Kier alpha value is -1.19. The number of hydrogen-bond donors (Lipinski definition) is 0. The lowest BCUT2D eigenvalue weighted by atomic mass is 9.84. The van der Waals surface area contributed by atoms with Gasteiger partial charge in [-0.05, 0) is 17.3 Å². The fourth-order valence-electron chi connectivity index (χ4n) is 1.75. The monoisotopic (exact) mass is 283 g/mol. The van der Waals surface area contributed by atoms with Gasteiger partial charge in [-0.1, -0.05) is 0 Å². The summed E-state index contributed by atoms with van der Waals surface area (Å²) in [5.74, 6) is -8.56. The Bertz CT molecular complexity index is 465. The van der Waals surface area contributed by atoms with Gasteiger partial charge in [0.1, 0.15) is 5.83 Å². The summed E-state index contributed by atoms with van der Waals surface area (Å²) < 4.78 is 117. The highest BCUT2D eigenvalue weighted by atomic mass is 19.3. The Morgan fingerprint density at radius 1 is 0.889 bits per heavy atom. The number of alkyl halides is 7. The van der Waals surface area contributed by atoms with Crippen LogP contribution >= 0.6 is 0 Å². The molecule has 1 unspecified atom stereocenters. The molecule has 1 saturated heterocycles. The average molecular weight is 283 g/mol. The zero-order valence-electron chi connectivity index (χ0n) is 8.00. The molecule has 10 heteroatoms. The normalized spacial score (nSPS) is 36.9. The first-order valence-electron chi connectivity index (χ1n) is 4.29. The minimum atomic E-state index is -6.21. The second-order valence-electron chi connectivity index (χ2n) is 3.69. The smallest absolute Gasteiger partial charge is 0.224 e. The van der Waals surface area contributed by atoms with Gasteiger partial charge >= 0.3 is 18.0 Å². The molecule has 102 valence electrons. The van der Waals surface area contributed by atoms with Crippen molar-refractivity contribution in [3.8, 4) is 0 Å². The number of nitrogens with zero attached hydrogens (tertiary/aromatic N) is 1. The Kier molecular flexibility index (Phi) is 2.23. The number of piperidine rings is 1. The second-order valence-corrected chi connectivity index (χ2v) is 3.69. The Labute approximate surface area is 93.1 Å². The maximum atomic E-state index is 13.7. The first-order chi connectivity index (χ1) is 7.91. The minimum Gasteiger partial charge on any atom is -0.224 e. The van der Waals surface area contributed by atoms with Crippen molar-refractivity contribution in [1.82, 2.24) is 5.12 Å². The number of fused-ring (bicyclic) bond motifs is 1. The summed E-state index contributed by atoms with van der Waals surface area (Å²) in [7, 11) is 0. The van der Waals surface area contributed by atoms with Gasteiger partial charge in [-0.3, -0.25) is 0 Å². The van der Waals surface area contributed by atoms with Gasteiger partial charge < -0.3 is 0 Å². The molecule has 0 aromatic rings. The van der Waals surface area contributed by atoms with Crippen molar-refractivity contribution in [2.24, 2.45) is 0 Å². The van der Waals surface area contributed by atoms with Crippen LogP contribution < -0.4 is 0 Å². The van der Waals surface area contributed by atoms with E-state index in [1.807, 2.05) is 0 Å². The minimum absolute atomic E-state index is 0.174. The number of hydrogen-bond acceptors (Lipinski definition) is 1. The van der Waals surface area contributed by atoms with Crippen molar-refractivity contribution >= 4 is 0 Å². The molecule has 0 amide bonds. The van der Waals surface area contributed by atoms with E-state index in [2.05, 4.69) is 0 Å². The Balaban J connectivity index is 2.74. The molecular weight excluding hydrogens is 281 g/mol. The topological polar surface area (TPSA) is 3.24 Å². The summed E-state index contributed by atoms with van der Waals surface area (Å²) in [5, 5.41) is -2.77. The quantitative estimate of drug-likeness (QED) is 0.373. The van der Waals surface area contributed by atoms with Crippen molar-refractivity contribution in [3.05, 3.63) is 23.6 Å². The van der Waals surface area contributed by atoms with Crippen molar-refractivity contribution in [3.63, 3.8) is 0 Å². The van der Waals surface area contributed by atoms with Crippen molar-refractivity contribution < 1.29 is 39.6 Å². The summed E-state index contributed by atoms with van der Waals surface area (Å²) in [6.07, 6.45) is -0.364. The van der Waals surface area contributed by atoms with Crippen molar-refractivity contribution in [1.29, 1.82) is 0 Å². The third-order valence-electron chi connectivity index (χ3n) is 2.72. The van der Waals surface area contributed by atoms with Gasteiger partial charge in [-0.15, -0.1) is 4.48 Å². The van der Waals surface area contributed by atoms with Crippen molar-refractivity contribution in [2.45, 2.75) is 23.7 Å². The molecule has 0 aromatic carbocycles. The van der Waals surface area contributed by atoms with Crippen LogP contribution in [0.5, 0.6) is 0 Å². The molecule has 2 rings (SSSR count). The van der Waals surface area contributed by atoms with Crippen LogP contribution in [0.3, 0.4) is 0 Å². The summed E-state index contributed by atoms with van der Waals surface area (Å²) in [6.45, 7) is 0. The highest BCUT2D eigenvalue weighted by molar-refractivity contribution is 5.49. The molecule has 0 saturated carbocycles. The SMILES string of the molecule is FC1=CC=C2C(F)(F)N(F)C(F)(F)C(F)(F)C12F. The average Bonchev–Trinajstić information content (AvgIpc) is 2.55. The molecule has 0 spiro atoms. The number of rotatable bonds is 0. The van der Waals surface area contributed by atoms with Crippen LogP contribution in [0, 0.1) is 0 Å². The predicted molar refractivity (Wildman–Crippen MR) is 38.9 cm³/mol. The highest BCUT2D eigenvalue weighted by Crippen LogP contribution is 2.64. The van der Waals surface area contributed by atoms with E-state index < -0.39 is 40.2 Å². The van der Waals surface area contributed by atoms with Gasteiger partial charge in [0.05, 0.1) is 5.57 Å². The van der Waals surface area contributed by atoms with E-state index in [1.54, 1.807) is 0 Å². The number of halogens is 9. The Morgan fingerprint density at radius 2 is 1.39 bits per heavy atom. The van der Waals surface area contributed by atoms with E-state index in [4.69, 9.17) is 0 Å². The largest absolute Gasteiger partial charge is 0.402 e. The molecule has 1 aliphatic heterocycles. The molecule has 1 fully saturated rings. The lowest BCUT2D eigenvalue weighted by Gasteiger charge is -2.46.